The van der Waals surface area contributed by atoms with Gasteiger partial charge in [-0.1, -0.05) is 46.8 Å². The summed E-state index contributed by atoms with van der Waals surface area (Å²) in [6, 6.07) is 0. The molecule has 7 fully saturated rings. The Balaban J connectivity index is 1.21. The highest BCUT2D eigenvalue weighted by atomic mass is 16.8. The van der Waals surface area contributed by atoms with Crippen LogP contribution in [0.5, 0.6) is 0 Å². The van der Waals surface area contributed by atoms with E-state index < -0.39 is 98.5 Å². The van der Waals surface area contributed by atoms with Gasteiger partial charge < -0.3 is 58.0 Å². The average molecular weight is 977 g/mol. The fraction of sp³-hybridized carbons (Fsp3) is 0.865. The number of carbonyl (C=O) groups excluding carboxylic acids is 5. The minimum Gasteiger partial charge on any atom is -0.463 e. The van der Waals surface area contributed by atoms with Crippen LogP contribution in [-0.2, 0) is 66.6 Å². The monoisotopic (exact) mass is 977 g/mol. The number of rotatable bonds is 13. The Labute approximate surface area is 407 Å². The van der Waals surface area contributed by atoms with Crippen molar-refractivity contribution in [2.75, 3.05) is 19.8 Å². The highest BCUT2D eigenvalue weighted by Gasteiger charge is 2.72. The van der Waals surface area contributed by atoms with Gasteiger partial charge >= 0.3 is 29.8 Å². The lowest BCUT2D eigenvalue weighted by atomic mass is 9.32. The molecule has 7 rings (SSSR count). The van der Waals surface area contributed by atoms with Crippen molar-refractivity contribution in [1.82, 2.24) is 0 Å². The van der Waals surface area contributed by atoms with Crippen molar-refractivity contribution in [3.8, 4) is 0 Å². The van der Waals surface area contributed by atoms with Crippen molar-refractivity contribution >= 4 is 29.8 Å². The fourth-order valence-electron chi connectivity index (χ4n) is 16.0. The number of allylic oxidation sites excluding steroid dienone is 1. The summed E-state index contributed by atoms with van der Waals surface area (Å²) in [5.41, 5.74) is 0.540. The maximum absolute atomic E-state index is 12.7. The second kappa shape index (κ2) is 20.0. The molecule has 7 aliphatic rings. The molecular weight excluding hydrogens is 897 g/mol. The normalized spacial score (nSPS) is 45.5. The van der Waals surface area contributed by atoms with E-state index in [1.54, 1.807) is 0 Å². The number of hydrogen-bond donors (Lipinski definition) is 3. The van der Waals surface area contributed by atoms with Crippen LogP contribution in [0.3, 0.4) is 0 Å². The molecule has 69 heavy (non-hydrogen) atoms. The van der Waals surface area contributed by atoms with E-state index in [-0.39, 0.29) is 57.6 Å². The van der Waals surface area contributed by atoms with Crippen molar-refractivity contribution in [2.45, 2.75) is 208 Å². The molecule has 5 saturated carbocycles. The van der Waals surface area contributed by atoms with Gasteiger partial charge in [0.25, 0.3) is 0 Å². The quantitative estimate of drug-likeness (QED) is 0.118. The first-order valence-electron chi connectivity index (χ1n) is 25.3. The number of hydrogen-bond acceptors (Lipinski definition) is 17. The van der Waals surface area contributed by atoms with Crippen molar-refractivity contribution in [1.29, 1.82) is 0 Å². The maximum atomic E-state index is 12.7. The first-order chi connectivity index (χ1) is 32.2. The smallest absolute Gasteiger partial charge is 0.303 e. The average Bonchev–Trinajstić information content (AvgIpc) is 3.64. The summed E-state index contributed by atoms with van der Waals surface area (Å²) < 4.78 is 53.8. The molecule has 0 aromatic rings. The zero-order chi connectivity index (χ0) is 50.8. The Morgan fingerprint density at radius 1 is 0.623 bits per heavy atom. The van der Waals surface area contributed by atoms with Gasteiger partial charge in [0, 0.05) is 40.0 Å². The van der Waals surface area contributed by atoms with Crippen molar-refractivity contribution in [3.05, 3.63) is 12.2 Å². The van der Waals surface area contributed by atoms with Gasteiger partial charge in [-0.2, -0.15) is 0 Å². The molecule has 0 spiro atoms. The van der Waals surface area contributed by atoms with Gasteiger partial charge in [0.1, 0.15) is 43.2 Å². The molecule has 5 aliphatic carbocycles. The summed E-state index contributed by atoms with van der Waals surface area (Å²) in [5.74, 6) is -1.96. The van der Waals surface area contributed by atoms with E-state index in [1.807, 2.05) is 0 Å². The molecule has 0 bridgehead atoms. The van der Waals surface area contributed by atoms with E-state index in [1.165, 1.54) is 6.92 Å². The topological polar surface area (TPSA) is 229 Å². The van der Waals surface area contributed by atoms with Crippen LogP contribution in [0, 0.1) is 56.7 Å². The van der Waals surface area contributed by atoms with Crippen LogP contribution in [-0.4, -0.2) is 133 Å². The Kier molecular flexibility index (Phi) is 15.6. The summed E-state index contributed by atoms with van der Waals surface area (Å²) in [4.78, 5) is 62.3. The summed E-state index contributed by atoms with van der Waals surface area (Å²) in [6.07, 6.45) is -5.76. The Hall–Kier alpha value is -3.19. The molecule has 390 valence electrons. The number of esters is 5. The SMILES string of the molecule is C=C(C)[C@@H]1CC[C@]2(CO[C@@H]3[C@@H](O)[C@H](O)O[C@H](CO)[C@@H]3OC3OC(COC(C)=O)C(OC(C)=O)C(OC(C)=O)C3OC(C)=O)CC[C@]3(C)[C@H](CC[C@@H]4[C@@]5(C)C(OC(C)=O)CCC(C)(C)[C@@H]5CC[C@]43C)[C@@H]12. The first kappa shape index (κ1) is 53.6. The molecule has 6 unspecified atom stereocenters. The molecule has 0 aromatic carbocycles. The molecule has 17 heteroatoms. The maximum Gasteiger partial charge on any atom is 0.303 e. The summed E-state index contributed by atoms with van der Waals surface area (Å²) in [6.45, 7) is 23.9. The molecular formula is C52H80O17. The van der Waals surface area contributed by atoms with Gasteiger partial charge in [-0.3, -0.25) is 24.0 Å². The summed E-state index contributed by atoms with van der Waals surface area (Å²) >= 11 is 0. The lowest BCUT2D eigenvalue weighted by Crippen LogP contribution is -2.68. The predicted octanol–water partition coefficient (Wildman–Crippen LogP) is 5.50. The minimum atomic E-state index is -1.79. The van der Waals surface area contributed by atoms with Crippen LogP contribution < -0.4 is 0 Å². The Morgan fingerprint density at radius 3 is 1.87 bits per heavy atom. The third-order valence-corrected chi connectivity index (χ3v) is 19.0. The van der Waals surface area contributed by atoms with E-state index in [0.29, 0.717) is 17.8 Å². The van der Waals surface area contributed by atoms with Gasteiger partial charge in [-0.25, -0.2) is 0 Å². The Bertz CT molecular complexity index is 1960. The Morgan fingerprint density at radius 2 is 1.26 bits per heavy atom. The molecule has 2 aliphatic heterocycles. The van der Waals surface area contributed by atoms with Crippen molar-refractivity contribution in [2.24, 2.45) is 56.7 Å². The molecule has 0 aromatic heterocycles. The van der Waals surface area contributed by atoms with Crippen LogP contribution in [0.4, 0.5) is 0 Å². The molecule has 0 amide bonds. The second-order valence-corrected chi connectivity index (χ2v) is 23.2. The molecule has 20 atom stereocenters. The number of fused-ring (bicyclic) bond motifs is 7. The van der Waals surface area contributed by atoms with E-state index in [4.69, 9.17) is 42.6 Å². The van der Waals surface area contributed by atoms with Crippen LogP contribution in [0.2, 0.25) is 0 Å². The molecule has 2 heterocycles. The van der Waals surface area contributed by atoms with Gasteiger partial charge in [-0.15, -0.1) is 0 Å². The van der Waals surface area contributed by atoms with E-state index >= 15 is 0 Å². The lowest BCUT2D eigenvalue weighted by molar-refractivity contribution is -0.361. The van der Waals surface area contributed by atoms with Gasteiger partial charge in [0.2, 0.25) is 0 Å². The van der Waals surface area contributed by atoms with Crippen LogP contribution in [0.25, 0.3) is 0 Å². The zero-order valence-electron chi connectivity index (χ0n) is 42.7. The first-order valence-corrected chi connectivity index (χ1v) is 25.3. The minimum absolute atomic E-state index is 0.0548. The zero-order valence-corrected chi connectivity index (χ0v) is 42.7. The lowest BCUT2D eigenvalue weighted by Gasteiger charge is -2.73. The molecule has 17 nitrogen and oxygen atoms in total. The third kappa shape index (κ3) is 9.65. The standard InChI is InChI=1S/C52H80O17/c1-26(2)32-15-20-52(22-21-49(10)33(39(32)52)13-14-37-50(49,11)19-16-36-48(8,9)18-17-38(51(36,37)12)63-28(4)55)25-62-43-40(59)46(60)67-34(23-53)41(43)69-47-45(66-31(7)58)44(65-30(6)57)42(64-29(5)56)35(68-47)24-61-27(3)54/h32-47,53,59-60H,1,13-25H2,2-12H3/t32-,33+,34+,35?,36-,37-,38?,39+,40+,41-,42?,43+,44?,45?,46+,47?,49+,50+,51-,52+/m0/s1. The molecule has 0 radical (unpaired) electrons. The van der Waals surface area contributed by atoms with E-state index in [9.17, 15) is 39.3 Å². The predicted molar refractivity (Wildman–Crippen MR) is 245 cm³/mol. The third-order valence-electron chi connectivity index (χ3n) is 19.0. The number of aliphatic hydroxyl groups excluding tert-OH is 3. The second-order valence-electron chi connectivity index (χ2n) is 23.2. The van der Waals surface area contributed by atoms with E-state index in [0.717, 1.165) is 97.5 Å². The summed E-state index contributed by atoms with van der Waals surface area (Å²) in [7, 11) is 0. The van der Waals surface area contributed by atoms with Crippen LogP contribution in [0.15, 0.2) is 12.2 Å². The highest BCUT2D eigenvalue weighted by Crippen LogP contribution is 2.77. The number of carbonyl (C=O) groups is 5. The fourth-order valence-corrected chi connectivity index (χ4v) is 16.0. The highest BCUT2D eigenvalue weighted by molar-refractivity contribution is 5.69. The van der Waals surface area contributed by atoms with Crippen LogP contribution >= 0.6 is 0 Å². The van der Waals surface area contributed by atoms with Gasteiger partial charge in [0.15, 0.2) is 30.9 Å². The number of aliphatic hydroxyl groups is 3. The summed E-state index contributed by atoms with van der Waals surface area (Å²) in [5, 5.41) is 33.7. The molecule has 2 saturated heterocycles. The molecule has 3 N–H and O–H groups in total. The van der Waals surface area contributed by atoms with Crippen molar-refractivity contribution < 1.29 is 81.9 Å². The van der Waals surface area contributed by atoms with Crippen LogP contribution in [0.1, 0.15) is 140 Å². The van der Waals surface area contributed by atoms with E-state index in [2.05, 4.69) is 48.1 Å². The van der Waals surface area contributed by atoms with Gasteiger partial charge in [-0.05, 0) is 122 Å². The van der Waals surface area contributed by atoms with Gasteiger partial charge in [0.05, 0.1) is 13.2 Å². The number of ether oxygens (including phenoxy) is 9. The largest absolute Gasteiger partial charge is 0.463 e. The van der Waals surface area contributed by atoms with Crippen molar-refractivity contribution in [3.63, 3.8) is 0 Å².